The van der Waals surface area contributed by atoms with E-state index >= 15 is 0 Å². The van der Waals surface area contributed by atoms with Gasteiger partial charge in [-0.1, -0.05) is 42.5 Å². The molecule has 1 aromatic heterocycles. The van der Waals surface area contributed by atoms with E-state index in [0.29, 0.717) is 5.82 Å². The zero-order valence-corrected chi connectivity index (χ0v) is 12.6. The van der Waals surface area contributed by atoms with Gasteiger partial charge in [-0.25, -0.2) is 9.37 Å². The van der Waals surface area contributed by atoms with Crippen molar-refractivity contribution in [2.75, 3.05) is 0 Å². The predicted molar refractivity (Wildman–Crippen MR) is 86.3 cm³/mol. The molecule has 0 saturated carbocycles. The number of halogens is 1. The Labute approximate surface area is 133 Å². The topological polar surface area (TPSA) is 57.8 Å². The molecule has 0 unspecified atom stereocenters. The van der Waals surface area contributed by atoms with Crippen molar-refractivity contribution in [1.82, 2.24) is 15.3 Å². The number of hydrogen-bond acceptors (Lipinski definition) is 2. The zero-order valence-electron chi connectivity index (χ0n) is 12.6. The van der Waals surface area contributed by atoms with Gasteiger partial charge in [-0.15, -0.1) is 0 Å². The van der Waals surface area contributed by atoms with Crippen molar-refractivity contribution >= 4 is 5.91 Å². The van der Waals surface area contributed by atoms with Crippen LogP contribution >= 0.6 is 0 Å². The van der Waals surface area contributed by atoms with Gasteiger partial charge in [0.15, 0.2) is 0 Å². The highest BCUT2D eigenvalue weighted by Crippen LogP contribution is 2.19. The predicted octanol–water partition coefficient (Wildman–Crippen LogP) is 3.71. The fourth-order valence-corrected chi connectivity index (χ4v) is 2.31. The van der Waals surface area contributed by atoms with Crippen LogP contribution in [0.25, 0.3) is 11.3 Å². The normalized spacial score (nSPS) is 11.9. The third kappa shape index (κ3) is 3.29. The SMILES string of the molecule is C[C@H](NC(=O)c1ccccc1F)c1ncc(-c2ccccc2)[nH]1. The van der Waals surface area contributed by atoms with E-state index in [0.717, 1.165) is 11.3 Å². The van der Waals surface area contributed by atoms with Gasteiger partial charge in [0.1, 0.15) is 11.6 Å². The fraction of sp³-hybridized carbons (Fsp3) is 0.111. The average Bonchev–Trinajstić information content (AvgIpc) is 3.06. The van der Waals surface area contributed by atoms with Crippen LogP contribution in [0.3, 0.4) is 0 Å². The molecule has 0 aliphatic rings. The first-order valence-corrected chi connectivity index (χ1v) is 7.31. The summed E-state index contributed by atoms with van der Waals surface area (Å²) in [6.45, 7) is 1.80. The molecule has 0 aliphatic carbocycles. The molecular weight excluding hydrogens is 293 g/mol. The molecule has 0 aliphatic heterocycles. The van der Waals surface area contributed by atoms with E-state index in [1.807, 2.05) is 30.3 Å². The van der Waals surface area contributed by atoms with E-state index in [9.17, 15) is 9.18 Å². The molecule has 23 heavy (non-hydrogen) atoms. The summed E-state index contributed by atoms with van der Waals surface area (Å²) >= 11 is 0. The van der Waals surface area contributed by atoms with Gasteiger partial charge >= 0.3 is 0 Å². The number of aromatic nitrogens is 2. The molecule has 1 heterocycles. The van der Waals surface area contributed by atoms with Crippen molar-refractivity contribution in [3.63, 3.8) is 0 Å². The van der Waals surface area contributed by atoms with E-state index in [4.69, 9.17) is 0 Å². The summed E-state index contributed by atoms with van der Waals surface area (Å²) in [5, 5.41) is 2.75. The Morgan fingerprint density at radius 2 is 1.83 bits per heavy atom. The molecular formula is C18H16FN3O. The van der Waals surface area contributed by atoms with Crippen LogP contribution in [-0.2, 0) is 0 Å². The number of carbonyl (C=O) groups excluding carboxylic acids is 1. The molecule has 3 aromatic rings. The van der Waals surface area contributed by atoms with Gasteiger partial charge in [0, 0.05) is 0 Å². The Hall–Kier alpha value is -2.95. The first-order chi connectivity index (χ1) is 11.1. The highest BCUT2D eigenvalue weighted by Gasteiger charge is 2.16. The summed E-state index contributed by atoms with van der Waals surface area (Å²) in [7, 11) is 0. The Morgan fingerprint density at radius 3 is 2.57 bits per heavy atom. The smallest absolute Gasteiger partial charge is 0.254 e. The minimum absolute atomic E-state index is 0.0224. The van der Waals surface area contributed by atoms with Gasteiger partial charge in [-0.05, 0) is 24.6 Å². The second kappa shape index (κ2) is 6.44. The number of rotatable bonds is 4. The van der Waals surface area contributed by atoms with Crippen LogP contribution in [0.5, 0.6) is 0 Å². The maximum Gasteiger partial charge on any atom is 0.254 e. The molecule has 0 bridgehead atoms. The summed E-state index contributed by atoms with van der Waals surface area (Å²) in [4.78, 5) is 19.6. The molecule has 0 saturated heterocycles. The summed E-state index contributed by atoms with van der Waals surface area (Å²) < 4.78 is 13.6. The molecule has 3 rings (SSSR count). The Kier molecular flexibility index (Phi) is 4.19. The lowest BCUT2D eigenvalue weighted by molar-refractivity contribution is 0.0934. The molecule has 116 valence electrons. The zero-order chi connectivity index (χ0) is 16.2. The van der Waals surface area contributed by atoms with Crippen molar-refractivity contribution < 1.29 is 9.18 Å². The van der Waals surface area contributed by atoms with Gasteiger partial charge in [-0.2, -0.15) is 0 Å². The minimum atomic E-state index is -0.540. The summed E-state index contributed by atoms with van der Waals surface area (Å²) in [5.74, 6) is -0.386. The summed E-state index contributed by atoms with van der Waals surface area (Å²) in [6, 6.07) is 15.3. The number of H-pyrrole nitrogens is 1. The lowest BCUT2D eigenvalue weighted by Crippen LogP contribution is -2.28. The third-order valence-electron chi connectivity index (χ3n) is 3.56. The lowest BCUT2D eigenvalue weighted by Gasteiger charge is -2.12. The number of nitrogens with zero attached hydrogens (tertiary/aromatic N) is 1. The van der Waals surface area contributed by atoms with E-state index in [-0.39, 0.29) is 11.6 Å². The van der Waals surface area contributed by atoms with E-state index in [1.54, 1.807) is 25.3 Å². The molecule has 2 aromatic carbocycles. The van der Waals surface area contributed by atoms with Crippen LogP contribution in [0.15, 0.2) is 60.8 Å². The fourth-order valence-electron chi connectivity index (χ4n) is 2.31. The molecule has 0 radical (unpaired) electrons. The van der Waals surface area contributed by atoms with E-state index in [1.165, 1.54) is 12.1 Å². The van der Waals surface area contributed by atoms with Gasteiger partial charge in [0.05, 0.1) is 23.5 Å². The molecule has 1 amide bonds. The first-order valence-electron chi connectivity index (χ1n) is 7.31. The Bertz CT molecular complexity index is 814. The molecule has 5 heteroatoms. The Balaban J connectivity index is 1.74. The number of amides is 1. The maximum atomic E-state index is 13.6. The van der Waals surface area contributed by atoms with Crippen LogP contribution in [-0.4, -0.2) is 15.9 Å². The highest BCUT2D eigenvalue weighted by atomic mass is 19.1. The number of hydrogen-bond donors (Lipinski definition) is 2. The number of carbonyl (C=O) groups is 1. The minimum Gasteiger partial charge on any atom is -0.342 e. The Morgan fingerprint density at radius 1 is 1.13 bits per heavy atom. The van der Waals surface area contributed by atoms with Crippen molar-refractivity contribution in [2.24, 2.45) is 0 Å². The number of benzene rings is 2. The van der Waals surface area contributed by atoms with Crippen LogP contribution in [0.1, 0.15) is 29.1 Å². The lowest BCUT2D eigenvalue weighted by atomic mass is 10.2. The molecule has 4 nitrogen and oxygen atoms in total. The molecule has 2 N–H and O–H groups in total. The standard InChI is InChI=1S/C18H16FN3O/c1-12(21-18(23)14-9-5-6-10-15(14)19)17-20-11-16(22-17)13-7-3-2-4-8-13/h2-12H,1H3,(H,20,22)(H,21,23)/t12-/m0/s1. The quantitative estimate of drug-likeness (QED) is 0.772. The van der Waals surface area contributed by atoms with Gasteiger partial charge < -0.3 is 10.3 Å². The second-order valence-electron chi connectivity index (χ2n) is 5.22. The van der Waals surface area contributed by atoms with Crippen LogP contribution in [0.4, 0.5) is 4.39 Å². The number of nitrogens with one attached hydrogen (secondary N) is 2. The van der Waals surface area contributed by atoms with Crippen LogP contribution in [0, 0.1) is 5.82 Å². The van der Waals surface area contributed by atoms with Crippen LogP contribution in [0.2, 0.25) is 0 Å². The second-order valence-corrected chi connectivity index (χ2v) is 5.22. The first kappa shape index (κ1) is 15.0. The monoisotopic (exact) mass is 309 g/mol. The van der Waals surface area contributed by atoms with Crippen molar-refractivity contribution in [2.45, 2.75) is 13.0 Å². The van der Waals surface area contributed by atoms with Crippen LogP contribution < -0.4 is 5.32 Å². The van der Waals surface area contributed by atoms with E-state index in [2.05, 4.69) is 15.3 Å². The third-order valence-corrected chi connectivity index (χ3v) is 3.56. The number of aromatic amines is 1. The van der Waals surface area contributed by atoms with Crippen molar-refractivity contribution in [1.29, 1.82) is 0 Å². The van der Waals surface area contributed by atoms with Gasteiger partial charge in [-0.3, -0.25) is 4.79 Å². The maximum absolute atomic E-state index is 13.6. The highest BCUT2D eigenvalue weighted by molar-refractivity contribution is 5.94. The summed E-state index contributed by atoms with van der Waals surface area (Å²) in [6.07, 6.45) is 1.72. The van der Waals surface area contributed by atoms with Crippen molar-refractivity contribution in [3.05, 3.63) is 78.0 Å². The summed E-state index contributed by atoms with van der Waals surface area (Å²) in [5.41, 5.74) is 1.90. The van der Waals surface area contributed by atoms with Gasteiger partial charge in [0.25, 0.3) is 5.91 Å². The molecule has 1 atom stereocenters. The average molecular weight is 309 g/mol. The van der Waals surface area contributed by atoms with E-state index < -0.39 is 11.7 Å². The largest absolute Gasteiger partial charge is 0.342 e. The molecule has 0 spiro atoms. The van der Waals surface area contributed by atoms with Crippen molar-refractivity contribution in [3.8, 4) is 11.3 Å². The van der Waals surface area contributed by atoms with Gasteiger partial charge in [0.2, 0.25) is 0 Å². The molecule has 0 fully saturated rings. The number of imidazole rings is 1.